The van der Waals surface area contributed by atoms with Crippen molar-refractivity contribution in [1.29, 1.82) is 0 Å². The summed E-state index contributed by atoms with van der Waals surface area (Å²) in [5.41, 5.74) is -0.293. The van der Waals surface area contributed by atoms with Gasteiger partial charge in [0.25, 0.3) is 0 Å². The Morgan fingerprint density at radius 2 is 1.71 bits per heavy atom. The molecule has 0 spiro atoms. The van der Waals surface area contributed by atoms with E-state index in [0.717, 1.165) is 31.6 Å². The summed E-state index contributed by atoms with van der Waals surface area (Å²) in [6.45, 7) is 2.21. The first-order valence-electron chi connectivity index (χ1n) is 8.48. The first-order chi connectivity index (χ1) is 9.97. The zero-order valence-corrected chi connectivity index (χ0v) is 13.0. The molecule has 2 fully saturated rings. The van der Waals surface area contributed by atoms with Gasteiger partial charge in [-0.05, 0) is 55.8 Å². The Balaban J connectivity index is 2.03. The summed E-state index contributed by atoms with van der Waals surface area (Å²) in [6.07, 6.45) is 5.85. The molecule has 0 aromatic heterocycles. The fourth-order valence-electron chi connectivity index (χ4n) is 4.71. The highest BCUT2D eigenvalue weighted by Gasteiger charge is 2.45. The largest absolute Gasteiger partial charge is 0.481 e. The third-order valence-corrected chi connectivity index (χ3v) is 6.18. The molecule has 2 aliphatic rings. The molecule has 0 atom stereocenters. The van der Waals surface area contributed by atoms with Crippen molar-refractivity contribution in [3.63, 3.8) is 0 Å². The third-order valence-electron chi connectivity index (χ3n) is 6.18. The summed E-state index contributed by atoms with van der Waals surface area (Å²) >= 11 is 0. The van der Waals surface area contributed by atoms with Crippen LogP contribution in [0.1, 0.15) is 71.1 Å². The number of carboxylic acids is 1. The Kier molecular flexibility index (Phi) is 5.61. The molecule has 21 heavy (non-hydrogen) atoms. The van der Waals surface area contributed by atoms with E-state index in [-0.39, 0.29) is 17.8 Å². The lowest BCUT2D eigenvalue weighted by Crippen LogP contribution is -2.39. The van der Waals surface area contributed by atoms with Crippen LogP contribution in [0, 0.1) is 23.2 Å². The summed E-state index contributed by atoms with van der Waals surface area (Å²) in [5.74, 6) is 0.0716. The zero-order valence-electron chi connectivity index (χ0n) is 13.0. The highest BCUT2D eigenvalue weighted by Crippen LogP contribution is 2.53. The molecule has 0 saturated heterocycles. The number of halogens is 2. The molecule has 0 aliphatic heterocycles. The lowest BCUT2D eigenvalue weighted by atomic mass is 9.58. The lowest BCUT2D eigenvalue weighted by Gasteiger charge is -2.47. The number of rotatable bonds is 5. The number of carboxylic acid groups (broad SMARTS) is 1. The third kappa shape index (κ3) is 3.95. The molecule has 0 aromatic rings. The predicted octanol–water partition coefficient (Wildman–Crippen LogP) is 5.12. The van der Waals surface area contributed by atoms with E-state index in [9.17, 15) is 13.6 Å². The van der Waals surface area contributed by atoms with Gasteiger partial charge in [0.2, 0.25) is 6.43 Å². The summed E-state index contributed by atoms with van der Waals surface area (Å²) in [6, 6.07) is 0. The molecule has 0 heterocycles. The van der Waals surface area contributed by atoms with E-state index in [0.29, 0.717) is 31.6 Å². The number of alkyl halides is 2. The summed E-state index contributed by atoms with van der Waals surface area (Å²) < 4.78 is 26.2. The van der Waals surface area contributed by atoms with E-state index in [1.54, 1.807) is 0 Å². The Hall–Kier alpha value is -0.670. The second kappa shape index (κ2) is 7.06. The van der Waals surface area contributed by atoms with Crippen LogP contribution in [0.2, 0.25) is 0 Å². The maximum absolute atomic E-state index is 13.1. The van der Waals surface area contributed by atoms with E-state index in [4.69, 9.17) is 5.11 Å². The van der Waals surface area contributed by atoms with E-state index in [1.807, 2.05) is 0 Å². The standard InChI is InChI=1S/C17H28F2O2/c1-2-12-3-5-14(6-4-12)17(11-15(18)19)9-7-13(8-10-17)16(20)21/h12-15H,2-11H2,1H3,(H,20,21)/t12?,13-,14?,17-. The van der Waals surface area contributed by atoms with Crippen molar-refractivity contribution < 1.29 is 18.7 Å². The Morgan fingerprint density at radius 3 is 2.14 bits per heavy atom. The monoisotopic (exact) mass is 302 g/mol. The summed E-state index contributed by atoms with van der Waals surface area (Å²) in [5, 5.41) is 9.12. The molecule has 2 aliphatic carbocycles. The van der Waals surface area contributed by atoms with Gasteiger partial charge in [0, 0.05) is 6.42 Å². The first kappa shape index (κ1) is 16.7. The second-order valence-corrected chi connectivity index (χ2v) is 7.20. The van der Waals surface area contributed by atoms with Crippen molar-refractivity contribution in [2.45, 2.75) is 77.6 Å². The molecule has 0 amide bonds. The topological polar surface area (TPSA) is 37.3 Å². The van der Waals surface area contributed by atoms with Crippen LogP contribution in [0.3, 0.4) is 0 Å². The zero-order chi connectivity index (χ0) is 15.5. The van der Waals surface area contributed by atoms with Gasteiger partial charge in [-0.25, -0.2) is 8.78 Å². The van der Waals surface area contributed by atoms with Gasteiger partial charge in [0.15, 0.2) is 0 Å². The molecular formula is C17H28F2O2. The van der Waals surface area contributed by atoms with Crippen LogP contribution in [0.5, 0.6) is 0 Å². The Bertz CT molecular complexity index is 341. The normalized spacial score (nSPS) is 37.6. The van der Waals surface area contributed by atoms with Gasteiger partial charge < -0.3 is 5.11 Å². The van der Waals surface area contributed by atoms with Crippen molar-refractivity contribution in [3.8, 4) is 0 Å². The van der Waals surface area contributed by atoms with E-state index >= 15 is 0 Å². The molecule has 1 N–H and O–H groups in total. The van der Waals surface area contributed by atoms with Crippen molar-refractivity contribution >= 4 is 5.97 Å². The molecule has 4 heteroatoms. The van der Waals surface area contributed by atoms with Crippen LogP contribution in [0.25, 0.3) is 0 Å². The fourth-order valence-corrected chi connectivity index (χ4v) is 4.71. The van der Waals surface area contributed by atoms with Crippen LogP contribution >= 0.6 is 0 Å². The first-order valence-corrected chi connectivity index (χ1v) is 8.48. The number of aliphatic carboxylic acids is 1. The molecule has 2 saturated carbocycles. The van der Waals surface area contributed by atoms with Gasteiger partial charge in [-0.1, -0.05) is 26.2 Å². The van der Waals surface area contributed by atoms with Crippen molar-refractivity contribution in [3.05, 3.63) is 0 Å². The minimum Gasteiger partial charge on any atom is -0.481 e. The van der Waals surface area contributed by atoms with Crippen LogP contribution in [-0.2, 0) is 4.79 Å². The molecule has 2 rings (SSSR count). The predicted molar refractivity (Wildman–Crippen MR) is 78.4 cm³/mol. The van der Waals surface area contributed by atoms with Crippen LogP contribution in [0.4, 0.5) is 8.78 Å². The van der Waals surface area contributed by atoms with E-state index in [2.05, 4.69) is 6.92 Å². The Morgan fingerprint density at radius 1 is 1.14 bits per heavy atom. The second-order valence-electron chi connectivity index (χ2n) is 7.20. The maximum atomic E-state index is 13.1. The maximum Gasteiger partial charge on any atom is 0.306 e. The van der Waals surface area contributed by atoms with Crippen LogP contribution in [0.15, 0.2) is 0 Å². The molecule has 2 nitrogen and oxygen atoms in total. The lowest BCUT2D eigenvalue weighted by molar-refractivity contribution is -0.144. The quantitative estimate of drug-likeness (QED) is 0.765. The average Bonchev–Trinajstić information content (AvgIpc) is 2.47. The number of hydrogen-bond donors (Lipinski definition) is 1. The Labute approximate surface area is 126 Å². The summed E-state index contributed by atoms with van der Waals surface area (Å²) in [4.78, 5) is 11.1. The van der Waals surface area contributed by atoms with Crippen molar-refractivity contribution in [1.82, 2.24) is 0 Å². The molecule has 0 radical (unpaired) electrons. The van der Waals surface area contributed by atoms with Gasteiger partial charge in [0.1, 0.15) is 0 Å². The fraction of sp³-hybridized carbons (Fsp3) is 0.941. The average molecular weight is 302 g/mol. The molecular weight excluding hydrogens is 274 g/mol. The number of carbonyl (C=O) groups is 1. The number of hydrogen-bond acceptors (Lipinski definition) is 1. The molecule has 0 bridgehead atoms. The molecule has 122 valence electrons. The van der Waals surface area contributed by atoms with Gasteiger partial charge >= 0.3 is 5.97 Å². The van der Waals surface area contributed by atoms with Gasteiger partial charge in [-0.2, -0.15) is 0 Å². The van der Waals surface area contributed by atoms with Gasteiger partial charge in [-0.3, -0.25) is 4.79 Å². The highest BCUT2D eigenvalue weighted by molar-refractivity contribution is 5.70. The van der Waals surface area contributed by atoms with Gasteiger partial charge in [0.05, 0.1) is 5.92 Å². The van der Waals surface area contributed by atoms with E-state index in [1.165, 1.54) is 6.42 Å². The highest BCUT2D eigenvalue weighted by atomic mass is 19.3. The van der Waals surface area contributed by atoms with Crippen molar-refractivity contribution in [2.75, 3.05) is 0 Å². The summed E-state index contributed by atoms with van der Waals surface area (Å²) in [7, 11) is 0. The smallest absolute Gasteiger partial charge is 0.306 e. The minimum atomic E-state index is -2.27. The minimum absolute atomic E-state index is 0.0270. The van der Waals surface area contributed by atoms with Crippen LogP contribution < -0.4 is 0 Å². The molecule has 0 aromatic carbocycles. The molecule has 0 unspecified atom stereocenters. The SMILES string of the molecule is CCC1CCC([C@]2(CC(F)F)CC[C@@H](C(=O)O)CC2)CC1. The van der Waals surface area contributed by atoms with Gasteiger partial charge in [-0.15, -0.1) is 0 Å². The van der Waals surface area contributed by atoms with Crippen molar-refractivity contribution in [2.24, 2.45) is 23.2 Å². The van der Waals surface area contributed by atoms with E-state index < -0.39 is 12.4 Å². The van der Waals surface area contributed by atoms with Crippen LogP contribution in [-0.4, -0.2) is 17.5 Å².